The molecule has 2 aromatic carbocycles. The van der Waals surface area contributed by atoms with E-state index in [1.165, 1.54) is 51.4 Å². The van der Waals surface area contributed by atoms with Gasteiger partial charge in [-0.15, -0.1) is 0 Å². The normalized spacial score (nSPS) is 11.3. The van der Waals surface area contributed by atoms with Crippen molar-refractivity contribution < 1.29 is 28.3 Å². The average molecular weight is 612 g/mol. The van der Waals surface area contributed by atoms with Crippen molar-refractivity contribution in [2.24, 2.45) is 0 Å². The Morgan fingerprint density at radius 3 is 1.84 bits per heavy atom. The Balaban J connectivity index is 2.00. The molecule has 44 heavy (non-hydrogen) atoms. The molecule has 0 aliphatic heterocycles. The maximum absolute atomic E-state index is 13.4. The van der Waals surface area contributed by atoms with Crippen LogP contribution in [0, 0.1) is 0 Å². The third-order valence-electron chi connectivity index (χ3n) is 8.49. The van der Waals surface area contributed by atoms with Crippen LogP contribution in [0.5, 0.6) is 11.5 Å². The average Bonchev–Trinajstić information content (AvgIpc) is 3.04. The van der Waals surface area contributed by atoms with Gasteiger partial charge in [0, 0.05) is 5.69 Å². The maximum Gasteiger partial charge on any atom is 0.338 e. The number of anilines is 1. The van der Waals surface area contributed by atoms with Crippen LogP contribution in [0.1, 0.15) is 125 Å². The van der Waals surface area contributed by atoms with Crippen LogP contribution in [0.15, 0.2) is 42.5 Å². The van der Waals surface area contributed by atoms with Crippen molar-refractivity contribution >= 4 is 17.6 Å². The third kappa shape index (κ3) is 14.1. The predicted molar refractivity (Wildman–Crippen MR) is 181 cm³/mol. The van der Waals surface area contributed by atoms with Gasteiger partial charge in [0.2, 0.25) is 0 Å². The van der Waals surface area contributed by atoms with Gasteiger partial charge in [0.1, 0.15) is 24.7 Å². The number of esters is 1. The molecular formula is C37H59N2O5+. The highest BCUT2D eigenvalue weighted by Gasteiger charge is 2.18. The summed E-state index contributed by atoms with van der Waals surface area (Å²) >= 11 is 0. The third-order valence-corrected chi connectivity index (χ3v) is 8.49. The van der Waals surface area contributed by atoms with Crippen LogP contribution in [0.3, 0.4) is 0 Å². The molecule has 0 spiro atoms. The van der Waals surface area contributed by atoms with E-state index in [4.69, 9.17) is 14.2 Å². The van der Waals surface area contributed by atoms with E-state index in [0.717, 1.165) is 49.8 Å². The minimum atomic E-state index is -0.359. The van der Waals surface area contributed by atoms with Gasteiger partial charge in [0.15, 0.2) is 0 Å². The van der Waals surface area contributed by atoms with Gasteiger partial charge in [0.25, 0.3) is 5.91 Å². The molecule has 7 nitrogen and oxygen atoms in total. The Bertz CT molecular complexity index is 1080. The van der Waals surface area contributed by atoms with Gasteiger partial charge in [-0.05, 0) is 69.2 Å². The van der Waals surface area contributed by atoms with E-state index < -0.39 is 0 Å². The second kappa shape index (κ2) is 21.6. The lowest BCUT2D eigenvalue weighted by atomic mass is 10.1. The molecule has 0 atom stereocenters. The maximum atomic E-state index is 13.4. The van der Waals surface area contributed by atoms with Crippen molar-refractivity contribution in [2.75, 3.05) is 51.8 Å². The summed E-state index contributed by atoms with van der Waals surface area (Å²) in [6, 6.07) is 12.3. The van der Waals surface area contributed by atoms with Crippen molar-refractivity contribution in [1.29, 1.82) is 0 Å². The molecule has 246 valence electrons. The molecule has 2 aromatic rings. The molecule has 1 amide bonds. The predicted octanol–water partition coefficient (Wildman–Crippen LogP) is 9.06. The zero-order valence-corrected chi connectivity index (χ0v) is 28.3. The van der Waals surface area contributed by atoms with E-state index >= 15 is 0 Å². The Morgan fingerprint density at radius 1 is 0.682 bits per heavy atom. The molecule has 0 aromatic heterocycles. The van der Waals surface area contributed by atoms with Crippen molar-refractivity contribution in [3.63, 3.8) is 0 Å². The van der Waals surface area contributed by atoms with Gasteiger partial charge in [-0.25, -0.2) is 4.79 Å². The smallest absolute Gasteiger partial charge is 0.338 e. The molecule has 2 rings (SSSR count). The molecule has 0 aliphatic rings. The summed E-state index contributed by atoms with van der Waals surface area (Å²) in [5, 5.41) is 2.96. The Labute approximate surface area is 267 Å². The number of nitrogens with one attached hydrogen (secondary N) is 1. The monoisotopic (exact) mass is 611 g/mol. The summed E-state index contributed by atoms with van der Waals surface area (Å²) < 4.78 is 18.5. The fourth-order valence-electron chi connectivity index (χ4n) is 4.91. The molecular weight excluding hydrogens is 552 g/mol. The van der Waals surface area contributed by atoms with Gasteiger partial charge < -0.3 is 24.0 Å². The molecule has 0 saturated heterocycles. The summed E-state index contributed by atoms with van der Waals surface area (Å²) in [5.41, 5.74) is 1.49. The number of likely N-dealkylation sites (N-methyl/N-ethyl adjacent to an activating group) is 1. The highest BCUT2D eigenvalue weighted by atomic mass is 16.5. The molecule has 0 radical (unpaired) electrons. The number of ether oxygens (including phenoxy) is 3. The van der Waals surface area contributed by atoms with Crippen LogP contribution in [-0.4, -0.2) is 62.9 Å². The highest BCUT2D eigenvalue weighted by Crippen LogP contribution is 2.26. The van der Waals surface area contributed by atoms with E-state index in [1.807, 2.05) is 12.1 Å². The summed E-state index contributed by atoms with van der Waals surface area (Å²) in [5.74, 6) is 0.573. The number of carbonyl (C=O) groups is 2. The van der Waals surface area contributed by atoms with Crippen LogP contribution in [0.2, 0.25) is 0 Å². The number of unbranched alkanes of at least 4 members (excludes halogenated alkanes) is 10. The summed E-state index contributed by atoms with van der Waals surface area (Å²) in [4.78, 5) is 26.0. The van der Waals surface area contributed by atoms with Gasteiger partial charge in [-0.3, -0.25) is 4.79 Å². The van der Waals surface area contributed by atoms with Gasteiger partial charge in [-0.1, -0.05) is 78.1 Å². The highest BCUT2D eigenvalue weighted by molar-refractivity contribution is 6.06. The largest absolute Gasteiger partial charge is 0.494 e. The second-order valence-corrected chi connectivity index (χ2v) is 12.0. The summed E-state index contributed by atoms with van der Waals surface area (Å²) in [6.45, 7) is 13.0. The first-order chi connectivity index (χ1) is 21.4. The number of rotatable bonds is 24. The number of quaternary nitrogens is 1. The minimum Gasteiger partial charge on any atom is -0.494 e. The van der Waals surface area contributed by atoms with E-state index in [0.29, 0.717) is 48.1 Å². The fraction of sp³-hybridized carbons (Fsp3) is 0.622. The molecule has 0 saturated carbocycles. The van der Waals surface area contributed by atoms with Crippen LogP contribution in [-0.2, 0) is 4.74 Å². The first-order valence-electron chi connectivity index (χ1n) is 17.2. The topological polar surface area (TPSA) is 73.9 Å². The van der Waals surface area contributed by atoms with Crippen LogP contribution in [0.25, 0.3) is 0 Å². The zero-order chi connectivity index (χ0) is 32.0. The SMILES string of the molecule is CCCCCCCCOc1ccc(OCCCCCCCC)c(C(=O)Nc2ccc(C(=O)OCC[N+](C)(CC)CC)cc2)c1. The first-order valence-corrected chi connectivity index (χ1v) is 17.2. The number of amides is 1. The molecule has 0 unspecified atom stereocenters. The van der Waals surface area contributed by atoms with Crippen LogP contribution in [0.4, 0.5) is 5.69 Å². The van der Waals surface area contributed by atoms with Gasteiger partial charge in [0.05, 0.1) is 44.5 Å². The molecule has 0 fully saturated rings. The molecule has 0 bridgehead atoms. The number of nitrogens with zero attached hydrogens (tertiary/aromatic N) is 1. The van der Waals surface area contributed by atoms with E-state index in [2.05, 4.69) is 40.1 Å². The lowest BCUT2D eigenvalue weighted by Crippen LogP contribution is -2.46. The number of hydrogen-bond acceptors (Lipinski definition) is 5. The number of benzene rings is 2. The lowest BCUT2D eigenvalue weighted by Gasteiger charge is -2.31. The molecule has 0 heterocycles. The Hall–Kier alpha value is -3.06. The number of carbonyl (C=O) groups excluding carboxylic acids is 2. The quantitative estimate of drug-likeness (QED) is 0.0728. The summed E-state index contributed by atoms with van der Waals surface area (Å²) in [6.07, 6.45) is 14.2. The van der Waals surface area contributed by atoms with Crippen LogP contribution < -0.4 is 14.8 Å². The van der Waals surface area contributed by atoms with E-state index in [-0.39, 0.29) is 11.9 Å². The Kier molecular flexibility index (Phi) is 18.2. The lowest BCUT2D eigenvalue weighted by molar-refractivity contribution is -0.906. The number of hydrogen-bond donors (Lipinski definition) is 1. The van der Waals surface area contributed by atoms with Crippen molar-refractivity contribution in [3.05, 3.63) is 53.6 Å². The Morgan fingerprint density at radius 2 is 1.25 bits per heavy atom. The zero-order valence-electron chi connectivity index (χ0n) is 28.3. The van der Waals surface area contributed by atoms with Gasteiger partial charge >= 0.3 is 5.97 Å². The molecule has 7 heteroatoms. The summed E-state index contributed by atoms with van der Waals surface area (Å²) in [7, 11) is 2.16. The second-order valence-electron chi connectivity index (χ2n) is 12.0. The van der Waals surface area contributed by atoms with E-state index in [1.54, 1.807) is 30.3 Å². The minimum absolute atomic E-state index is 0.278. The van der Waals surface area contributed by atoms with E-state index in [9.17, 15) is 9.59 Å². The molecule has 1 N–H and O–H groups in total. The van der Waals surface area contributed by atoms with Crippen LogP contribution >= 0.6 is 0 Å². The standard InChI is InChI=1S/C37H58N2O5/c1-6-10-12-14-16-18-27-42-33-24-25-35(43-28-19-17-15-13-11-7-2)34(30-33)36(40)38-32-22-20-31(21-23-32)37(41)44-29-26-39(5,8-3)9-4/h20-25,30H,6-19,26-29H2,1-5H3/p+1. The van der Waals surface area contributed by atoms with Crippen molar-refractivity contribution in [1.82, 2.24) is 0 Å². The van der Waals surface area contributed by atoms with Gasteiger partial charge in [-0.2, -0.15) is 0 Å². The molecule has 0 aliphatic carbocycles. The first kappa shape index (κ1) is 37.1. The van der Waals surface area contributed by atoms with Crippen molar-refractivity contribution in [3.8, 4) is 11.5 Å². The fourth-order valence-corrected chi connectivity index (χ4v) is 4.91. The van der Waals surface area contributed by atoms with Crippen molar-refractivity contribution in [2.45, 2.75) is 105 Å².